The van der Waals surface area contributed by atoms with E-state index in [1.807, 2.05) is 0 Å². The van der Waals surface area contributed by atoms with Gasteiger partial charge in [0.1, 0.15) is 0 Å². The number of rotatable bonds is 6. The van der Waals surface area contributed by atoms with Crippen molar-refractivity contribution in [3.8, 4) is 0 Å². The average molecular weight is 262 g/mol. The first-order valence-corrected chi connectivity index (χ1v) is 7.38. The van der Waals surface area contributed by atoms with E-state index in [2.05, 4.69) is 54.4 Å². The average Bonchev–Trinajstić information content (AvgIpc) is 2.43. The van der Waals surface area contributed by atoms with Crippen LogP contribution in [0.15, 0.2) is 30.3 Å². The zero-order valence-corrected chi connectivity index (χ0v) is 12.1. The molecule has 3 nitrogen and oxygen atoms in total. The summed E-state index contributed by atoms with van der Waals surface area (Å²) in [6.07, 6.45) is 1.12. The number of piperazine rings is 1. The van der Waals surface area contributed by atoms with Crippen LogP contribution in [0.2, 0.25) is 0 Å². The maximum atomic E-state index is 5.51. The highest BCUT2D eigenvalue weighted by atomic mass is 16.5. The Kier molecular flexibility index (Phi) is 5.83. The summed E-state index contributed by atoms with van der Waals surface area (Å²) in [5, 5.41) is 3.59. The lowest BCUT2D eigenvalue weighted by Gasteiger charge is -2.39. The van der Waals surface area contributed by atoms with E-state index in [1.165, 1.54) is 5.56 Å². The van der Waals surface area contributed by atoms with Crippen molar-refractivity contribution in [3.05, 3.63) is 35.9 Å². The lowest BCUT2D eigenvalue weighted by Crippen LogP contribution is -2.56. The lowest BCUT2D eigenvalue weighted by atomic mass is 10.0. The van der Waals surface area contributed by atoms with Crippen molar-refractivity contribution in [2.45, 2.75) is 32.4 Å². The molecular weight excluding hydrogens is 236 g/mol. The number of nitrogens with zero attached hydrogens (tertiary/aromatic N) is 1. The van der Waals surface area contributed by atoms with Gasteiger partial charge in [-0.15, -0.1) is 0 Å². The molecule has 1 aliphatic rings. The monoisotopic (exact) mass is 262 g/mol. The van der Waals surface area contributed by atoms with E-state index < -0.39 is 0 Å². The summed E-state index contributed by atoms with van der Waals surface area (Å²) in [6.45, 7) is 9.19. The normalized spacial score (nSPS) is 24.5. The molecule has 1 N–H and O–H groups in total. The molecule has 2 unspecified atom stereocenters. The summed E-state index contributed by atoms with van der Waals surface area (Å²) in [4.78, 5) is 2.57. The van der Waals surface area contributed by atoms with E-state index in [0.717, 1.165) is 39.3 Å². The molecular formula is C16H26N2O. The first-order valence-electron chi connectivity index (χ1n) is 7.38. The van der Waals surface area contributed by atoms with Gasteiger partial charge in [0.2, 0.25) is 0 Å². The van der Waals surface area contributed by atoms with Crippen LogP contribution in [0.3, 0.4) is 0 Å². The van der Waals surface area contributed by atoms with Gasteiger partial charge in [0, 0.05) is 38.3 Å². The van der Waals surface area contributed by atoms with Crippen LogP contribution in [0, 0.1) is 0 Å². The maximum absolute atomic E-state index is 5.51. The second-order valence-electron chi connectivity index (χ2n) is 5.34. The van der Waals surface area contributed by atoms with E-state index in [4.69, 9.17) is 4.74 Å². The fourth-order valence-electron chi connectivity index (χ4n) is 2.72. The van der Waals surface area contributed by atoms with Crippen molar-refractivity contribution in [3.63, 3.8) is 0 Å². The summed E-state index contributed by atoms with van der Waals surface area (Å²) < 4.78 is 5.51. The Labute approximate surface area is 116 Å². The Morgan fingerprint density at radius 1 is 1.32 bits per heavy atom. The molecule has 19 heavy (non-hydrogen) atoms. The number of benzene rings is 1. The van der Waals surface area contributed by atoms with Crippen LogP contribution in [-0.4, -0.2) is 49.8 Å². The van der Waals surface area contributed by atoms with Crippen LogP contribution in [0.4, 0.5) is 0 Å². The van der Waals surface area contributed by atoms with Crippen LogP contribution < -0.4 is 5.32 Å². The number of nitrogens with one attached hydrogen (secondary N) is 1. The Hall–Kier alpha value is -0.900. The van der Waals surface area contributed by atoms with Gasteiger partial charge in [0.05, 0.1) is 6.61 Å². The van der Waals surface area contributed by atoms with Crippen molar-refractivity contribution in [2.75, 3.05) is 32.8 Å². The molecule has 0 aromatic heterocycles. The third-order valence-electron chi connectivity index (χ3n) is 3.77. The first kappa shape index (κ1) is 14.5. The van der Waals surface area contributed by atoms with Crippen LogP contribution in [0.1, 0.15) is 19.4 Å². The molecule has 1 saturated heterocycles. The highest BCUT2D eigenvalue weighted by Gasteiger charge is 2.25. The highest BCUT2D eigenvalue weighted by Crippen LogP contribution is 2.13. The molecule has 3 heteroatoms. The molecule has 0 saturated carbocycles. The Balaban J connectivity index is 1.91. The minimum absolute atomic E-state index is 0.577. The zero-order valence-electron chi connectivity index (χ0n) is 12.1. The molecule has 0 aliphatic carbocycles. The molecule has 1 fully saturated rings. The van der Waals surface area contributed by atoms with Crippen LogP contribution >= 0.6 is 0 Å². The predicted molar refractivity (Wildman–Crippen MR) is 79.5 cm³/mol. The van der Waals surface area contributed by atoms with Gasteiger partial charge >= 0.3 is 0 Å². The van der Waals surface area contributed by atoms with E-state index in [1.54, 1.807) is 0 Å². The van der Waals surface area contributed by atoms with E-state index >= 15 is 0 Å². The third-order valence-corrected chi connectivity index (χ3v) is 3.77. The molecule has 106 valence electrons. The van der Waals surface area contributed by atoms with Crippen molar-refractivity contribution >= 4 is 0 Å². The summed E-state index contributed by atoms with van der Waals surface area (Å²) in [5.74, 6) is 0. The molecule has 1 heterocycles. The fourth-order valence-corrected chi connectivity index (χ4v) is 2.72. The van der Waals surface area contributed by atoms with Crippen LogP contribution in [0.25, 0.3) is 0 Å². The van der Waals surface area contributed by atoms with E-state index in [-0.39, 0.29) is 0 Å². The summed E-state index contributed by atoms with van der Waals surface area (Å²) >= 11 is 0. The van der Waals surface area contributed by atoms with E-state index in [9.17, 15) is 0 Å². The molecule has 1 aromatic rings. The SMILES string of the molecule is CCOCCN1CC(C)NCC1Cc1ccccc1. The smallest absolute Gasteiger partial charge is 0.0593 e. The third kappa shape index (κ3) is 4.60. The summed E-state index contributed by atoms with van der Waals surface area (Å²) in [6, 6.07) is 11.9. The van der Waals surface area contributed by atoms with Gasteiger partial charge in [-0.05, 0) is 25.8 Å². The predicted octanol–water partition coefficient (Wildman–Crippen LogP) is 1.93. The minimum Gasteiger partial charge on any atom is -0.380 e. The van der Waals surface area contributed by atoms with Gasteiger partial charge in [-0.1, -0.05) is 30.3 Å². The molecule has 0 radical (unpaired) electrons. The zero-order chi connectivity index (χ0) is 13.5. The summed E-state index contributed by atoms with van der Waals surface area (Å²) in [7, 11) is 0. The van der Waals surface area contributed by atoms with Gasteiger partial charge in [-0.25, -0.2) is 0 Å². The van der Waals surface area contributed by atoms with Gasteiger partial charge in [-0.2, -0.15) is 0 Å². The van der Waals surface area contributed by atoms with E-state index in [0.29, 0.717) is 12.1 Å². The van der Waals surface area contributed by atoms with Crippen LogP contribution in [-0.2, 0) is 11.2 Å². The minimum atomic E-state index is 0.577. The quantitative estimate of drug-likeness (QED) is 0.793. The summed E-state index contributed by atoms with van der Waals surface area (Å²) in [5.41, 5.74) is 1.42. The molecule has 0 amide bonds. The Morgan fingerprint density at radius 2 is 2.11 bits per heavy atom. The molecule has 2 rings (SSSR count). The topological polar surface area (TPSA) is 24.5 Å². The number of hydrogen-bond acceptors (Lipinski definition) is 3. The first-order chi connectivity index (χ1) is 9.29. The van der Waals surface area contributed by atoms with Crippen LogP contribution in [0.5, 0.6) is 0 Å². The highest BCUT2D eigenvalue weighted by molar-refractivity contribution is 5.16. The maximum Gasteiger partial charge on any atom is 0.0593 e. The van der Waals surface area contributed by atoms with Gasteiger partial charge in [0.15, 0.2) is 0 Å². The molecule has 1 aromatic carbocycles. The molecule has 1 aliphatic heterocycles. The number of hydrogen-bond donors (Lipinski definition) is 1. The van der Waals surface area contributed by atoms with Crippen molar-refractivity contribution in [1.29, 1.82) is 0 Å². The Morgan fingerprint density at radius 3 is 2.84 bits per heavy atom. The van der Waals surface area contributed by atoms with Gasteiger partial charge in [0.25, 0.3) is 0 Å². The second-order valence-corrected chi connectivity index (χ2v) is 5.34. The second kappa shape index (κ2) is 7.63. The fraction of sp³-hybridized carbons (Fsp3) is 0.625. The van der Waals surface area contributed by atoms with Crippen molar-refractivity contribution < 1.29 is 4.74 Å². The van der Waals surface area contributed by atoms with Gasteiger partial charge < -0.3 is 10.1 Å². The largest absolute Gasteiger partial charge is 0.380 e. The standard InChI is InChI=1S/C16H26N2O/c1-3-19-10-9-18-13-14(2)17-12-16(18)11-15-7-5-4-6-8-15/h4-8,14,16-17H,3,9-13H2,1-2H3. The van der Waals surface area contributed by atoms with Crippen molar-refractivity contribution in [2.24, 2.45) is 0 Å². The molecule has 0 bridgehead atoms. The van der Waals surface area contributed by atoms with Gasteiger partial charge in [-0.3, -0.25) is 4.90 Å². The lowest BCUT2D eigenvalue weighted by molar-refractivity contribution is 0.0726. The molecule has 0 spiro atoms. The van der Waals surface area contributed by atoms with Crippen molar-refractivity contribution in [1.82, 2.24) is 10.2 Å². The number of ether oxygens (including phenoxy) is 1. The Bertz CT molecular complexity index is 355. The molecule has 2 atom stereocenters.